The van der Waals surface area contributed by atoms with E-state index >= 15 is 0 Å². The highest BCUT2D eigenvalue weighted by Gasteiger charge is 2.30. The molecule has 99 heavy (non-hydrogen) atoms. The van der Waals surface area contributed by atoms with Crippen molar-refractivity contribution < 1.29 is 80.2 Å². The van der Waals surface area contributed by atoms with Gasteiger partial charge in [0.1, 0.15) is 19.3 Å². The van der Waals surface area contributed by atoms with E-state index in [1.54, 1.807) is 0 Å². The lowest BCUT2D eigenvalue weighted by atomic mass is 10.0. The molecule has 0 spiro atoms. The molecule has 3 N–H and O–H groups in total. The summed E-state index contributed by atoms with van der Waals surface area (Å²) < 4.78 is 68.6. The van der Waals surface area contributed by atoms with Crippen LogP contribution in [0.2, 0.25) is 0 Å². The van der Waals surface area contributed by atoms with Gasteiger partial charge >= 0.3 is 39.5 Å². The quantitative estimate of drug-likeness (QED) is 0.0222. The molecule has 0 aromatic heterocycles. The summed E-state index contributed by atoms with van der Waals surface area (Å²) in [5.74, 6) is 0.150. The maximum absolute atomic E-state index is 13.1. The number of rotatable bonds is 78. The minimum absolute atomic E-state index is 0.104. The van der Waals surface area contributed by atoms with Crippen molar-refractivity contribution >= 4 is 39.5 Å². The molecule has 0 aliphatic rings. The standard InChI is InChI=1S/C80H156O17P2/c1-8-9-10-11-12-13-14-15-16-22-25-28-31-40-47-54-61-77(82)90-67-75(96-79(84)63-56-49-42-32-29-26-23-20-18-17-19-21-24-27-30-37-44-51-58-71(2)3)69-94-98(86,87)92-65-74(81)66-93-99(88,89)95-70-76(97-80(85)64-57-50-43-36-34-39-46-53-60-73(6)7)68-91-78(83)62-55-48-41-35-33-38-45-52-59-72(4)5/h71-76,81H,8-70H2,1-7H3,(H,86,87)(H,88,89)/t74-,75-,76-/m1/s1. The van der Waals surface area contributed by atoms with Crippen LogP contribution in [0.1, 0.15) is 414 Å². The second kappa shape index (κ2) is 70.4. The highest BCUT2D eigenvalue weighted by molar-refractivity contribution is 7.47. The van der Waals surface area contributed by atoms with Crippen LogP contribution in [0.5, 0.6) is 0 Å². The van der Waals surface area contributed by atoms with Crippen molar-refractivity contribution in [3.8, 4) is 0 Å². The molecule has 588 valence electrons. The Hall–Kier alpha value is -1.94. The zero-order valence-corrected chi connectivity index (χ0v) is 66.8. The average molecular weight is 1450 g/mol. The fraction of sp³-hybridized carbons (Fsp3) is 0.950. The molecule has 0 amide bonds. The number of phosphoric acid groups is 2. The lowest BCUT2D eigenvalue weighted by Crippen LogP contribution is -2.30. The van der Waals surface area contributed by atoms with Crippen molar-refractivity contribution in [2.75, 3.05) is 39.6 Å². The Kier molecular flexibility index (Phi) is 69.0. The van der Waals surface area contributed by atoms with Gasteiger partial charge in [-0.3, -0.25) is 37.3 Å². The van der Waals surface area contributed by atoms with E-state index in [1.165, 1.54) is 225 Å². The van der Waals surface area contributed by atoms with E-state index in [2.05, 4.69) is 48.5 Å². The third-order valence-electron chi connectivity index (χ3n) is 18.6. The summed E-state index contributed by atoms with van der Waals surface area (Å²) in [5.41, 5.74) is 0. The number of aliphatic hydroxyl groups is 1. The number of aliphatic hydroxyl groups excluding tert-OH is 1. The first kappa shape index (κ1) is 97.1. The molecule has 19 heteroatoms. The first-order valence-electron chi connectivity index (χ1n) is 41.3. The minimum Gasteiger partial charge on any atom is -0.462 e. The Morgan fingerprint density at radius 1 is 0.273 bits per heavy atom. The van der Waals surface area contributed by atoms with E-state index in [9.17, 15) is 43.2 Å². The van der Waals surface area contributed by atoms with Crippen LogP contribution >= 0.6 is 15.6 Å². The molecule has 0 aliphatic heterocycles. The van der Waals surface area contributed by atoms with Crippen molar-refractivity contribution in [2.45, 2.75) is 433 Å². The summed E-state index contributed by atoms with van der Waals surface area (Å²) in [6.07, 6.45) is 58.5. The Bertz CT molecular complexity index is 1920. The summed E-state index contributed by atoms with van der Waals surface area (Å²) in [6.45, 7) is 11.9. The van der Waals surface area contributed by atoms with E-state index < -0.39 is 97.5 Å². The molecule has 0 radical (unpaired) electrons. The van der Waals surface area contributed by atoms with Crippen LogP contribution in [0.15, 0.2) is 0 Å². The smallest absolute Gasteiger partial charge is 0.462 e. The Morgan fingerprint density at radius 2 is 0.465 bits per heavy atom. The molecule has 0 fully saturated rings. The number of carbonyl (C=O) groups excluding carboxylic acids is 4. The van der Waals surface area contributed by atoms with Crippen LogP contribution in [0.25, 0.3) is 0 Å². The number of hydrogen-bond acceptors (Lipinski definition) is 15. The van der Waals surface area contributed by atoms with Crippen molar-refractivity contribution in [2.24, 2.45) is 17.8 Å². The minimum atomic E-state index is -4.96. The van der Waals surface area contributed by atoms with Crippen LogP contribution in [0, 0.1) is 17.8 Å². The predicted octanol–water partition coefficient (Wildman–Crippen LogP) is 23.7. The van der Waals surface area contributed by atoms with Gasteiger partial charge in [0.15, 0.2) is 12.2 Å². The van der Waals surface area contributed by atoms with E-state index in [1.807, 2.05) is 0 Å². The molecule has 0 saturated heterocycles. The highest BCUT2D eigenvalue weighted by atomic mass is 31.2. The maximum Gasteiger partial charge on any atom is 0.472 e. The normalized spacial score (nSPS) is 14.0. The molecule has 17 nitrogen and oxygen atoms in total. The van der Waals surface area contributed by atoms with Gasteiger partial charge in [-0.15, -0.1) is 0 Å². The lowest BCUT2D eigenvalue weighted by molar-refractivity contribution is -0.161. The van der Waals surface area contributed by atoms with Crippen LogP contribution in [-0.2, 0) is 65.4 Å². The number of ether oxygens (including phenoxy) is 4. The van der Waals surface area contributed by atoms with Gasteiger partial charge in [0, 0.05) is 25.7 Å². The van der Waals surface area contributed by atoms with Gasteiger partial charge in [0.05, 0.1) is 26.4 Å². The van der Waals surface area contributed by atoms with Crippen molar-refractivity contribution in [3.05, 3.63) is 0 Å². The molecule has 0 aromatic carbocycles. The van der Waals surface area contributed by atoms with Gasteiger partial charge in [-0.25, -0.2) is 9.13 Å². The van der Waals surface area contributed by atoms with Gasteiger partial charge in [0.2, 0.25) is 0 Å². The molecule has 0 rings (SSSR count). The molecule has 0 heterocycles. The second-order valence-corrected chi connectivity index (χ2v) is 33.1. The zero-order valence-electron chi connectivity index (χ0n) is 65.0. The molecule has 2 unspecified atom stereocenters. The van der Waals surface area contributed by atoms with Gasteiger partial charge in [0.25, 0.3) is 0 Å². The topological polar surface area (TPSA) is 237 Å². The van der Waals surface area contributed by atoms with Crippen LogP contribution in [0.4, 0.5) is 0 Å². The zero-order chi connectivity index (χ0) is 73.0. The molecule has 0 aliphatic carbocycles. The first-order valence-corrected chi connectivity index (χ1v) is 44.3. The SMILES string of the molecule is CCCCCCCCCCCCCCCCCCC(=O)OC[C@H](COP(=O)(O)OC[C@@H](O)COP(=O)(O)OC[C@@H](COC(=O)CCCCCCCCCCC(C)C)OC(=O)CCCCCCCCCCC(C)C)OC(=O)CCCCCCCCCCCCCCCCCCCCC(C)C. The van der Waals surface area contributed by atoms with Gasteiger partial charge < -0.3 is 33.8 Å². The van der Waals surface area contributed by atoms with E-state index in [0.717, 1.165) is 108 Å². The maximum atomic E-state index is 13.1. The van der Waals surface area contributed by atoms with Gasteiger partial charge in [-0.1, -0.05) is 363 Å². The van der Waals surface area contributed by atoms with Gasteiger partial charge in [-0.05, 0) is 43.4 Å². The summed E-state index contributed by atoms with van der Waals surface area (Å²) in [4.78, 5) is 72.9. The van der Waals surface area contributed by atoms with Crippen LogP contribution in [0.3, 0.4) is 0 Å². The predicted molar refractivity (Wildman–Crippen MR) is 405 cm³/mol. The monoisotopic (exact) mass is 1450 g/mol. The Balaban J connectivity index is 5.22. The highest BCUT2D eigenvalue weighted by Crippen LogP contribution is 2.45. The number of phosphoric ester groups is 2. The Labute approximate surface area is 607 Å². The molecular formula is C80H156O17P2. The summed E-state index contributed by atoms with van der Waals surface area (Å²) in [5, 5.41) is 10.6. The van der Waals surface area contributed by atoms with Crippen LogP contribution in [-0.4, -0.2) is 96.7 Å². The molecule has 0 aromatic rings. The fourth-order valence-electron chi connectivity index (χ4n) is 12.3. The average Bonchev–Trinajstić information content (AvgIpc) is 0.977. The summed E-state index contributed by atoms with van der Waals surface area (Å²) >= 11 is 0. The summed E-state index contributed by atoms with van der Waals surface area (Å²) in [6, 6.07) is 0. The fourth-order valence-corrected chi connectivity index (χ4v) is 13.9. The second-order valence-electron chi connectivity index (χ2n) is 30.2. The molecule has 0 bridgehead atoms. The number of esters is 4. The molecule has 0 saturated carbocycles. The van der Waals surface area contributed by atoms with Crippen molar-refractivity contribution in [1.29, 1.82) is 0 Å². The lowest BCUT2D eigenvalue weighted by Gasteiger charge is -2.21. The largest absolute Gasteiger partial charge is 0.472 e. The van der Waals surface area contributed by atoms with Crippen molar-refractivity contribution in [1.82, 2.24) is 0 Å². The molecule has 5 atom stereocenters. The number of hydrogen-bond donors (Lipinski definition) is 3. The third-order valence-corrected chi connectivity index (χ3v) is 20.5. The summed E-state index contributed by atoms with van der Waals surface area (Å²) in [7, 11) is -9.92. The first-order chi connectivity index (χ1) is 47.7. The van der Waals surface area contributed by atoms with Crippen molar-refractivity contribution in [3.63, 3.8) is 0 Å². The third kappa shape index (κ3) is 74.1. The number of unbranched alkanes of at least 4 members (excludes halogenated alkanes) is 46. The van der Waals surface area contributed by atoms with E-state index in [0.29, 0.717) is 25.7 Å². The number of carbonyl (C=O) groups is 4. The van der Waals surface area contributed by atoms with E-state index in [4.69, 9.17) is 37.0 Å². The van der Waals surface area contributed by atoms with E-state index in [-0.39, 0.29) is 25.7 Å². The Morgan fingerprint density at radius 3 is 0.687 bits per heavy atom. The molecular weight excluding hydrogens is 1290 g/mol. The van der Waals surface area contributed by atoms with Crippen LogP contribution < -0.4 is 0 Å². The van der Waals surface area contributed by atoms with Gasteiger partial charge in [-0.2, -0.15) is 0 Å².